The van der Waals surface area contributed by atoms with Crippen LogP contribution in [0.3, 0.4) is 0 Å². The normalized spacial score (nSPS) is 21.6. The molecule has 1 saturated carbocycles. The zero-order valence-corrected chi connectivity index (χ0v) is 19.3. The molecule has 4 rings (SSSR count). The first-order valence-electron chi connectivity index (χ1n) is 10.9. The molecule has 4 amide bonds. The third-order valence-electron chi connectivity index (χ3n) is 6.12. The van der Waals surface area contributed by atoms with Gasteiger partial charge in [0, 0.05) is 19.3 Å². The van der Waals surface area contributed by atoms with Gasteiger partial charge in [0.05, 0.1) is 10.8 Å². The standard InChI is InChI=1S/C20H27N5O5S2/c26-16(23-25-18(27)20(22-19(25)28)9-3-1-4-10-20)14-31-17-8-7-15(13-21-17)32(29,30)24-11-5-2-6-12-24/h7-8,13H,1-6,9-12,14H2,(H,22,28)(H,23,26). The van der Waals surface area contributed by atoms with Crippen molar-refractivity contribution >= 4 is 39.6 Å². The number of nitrogens with one attached hydrogen (secondary N) is 2. The number of nitrogens with zero attached hydrogens (tertiary/aromatic N) is 3. The van der Waals surface area contributed by atoms with Crippen LogP contribution in [0.1, 0.15) is 51.4 Å². The van der Waals surface area contributed by atoms with E-state index in [4.69, 9.17) is 0 Å². The van der Waals surface area contributed by atoms with Gasteiger partial charge in [-0.3, -0.25) is 15.0 Å². The second kappa shape index (κ2) is 9.36. The number of urea groups is 1. The van der Waals surface area contributed by atoms with Gasteiger partial charge in [-0.1, -0.05) is 37.4 Å². The summed E-state index contributed by atoms with van der Waals surface area (Å²) in [6.07, 6.45) is 7.95. The van der Waals surface area contributed by atoms with Crippen molar-refractivity contribution in [3.8, 4) is 0 Å². The van der Waals surface area contributed by atoms with Crippen molar-refractivity contribution in [1.29, 1.82) is 0 Å². The van der Waals surface area contributed by atoms with E-state index in [1.807, 2.05) is 0 Å². The number of sulfonamides is 1. The summed E-state index contributed by atoms with van der Waals surface area (Å²) in [4.78, 5) is 41.6. The van der Waals surface area contributed by atoms with Gasteiger partial charge in [0.15, 0.2) is 0 Å². The molecule has 3 heterocycles. The van der Waals surface area contributed by atoms with E-state index in [-0.39, 0.29) is 10.6 Å². The lowest BCUT2D eigenvalue weighted by molar-refractivity contribution is -0.139. The first-order chi connectivity index (χ1) is 15.3. The number of hydrazine groups is 1. The zero-order valence-electron chi connectivity index (χ0n) is 17.7. The summed E-state index contributed by atoms with van der Waals surface area (Å²) in [5, 5.41) is 3.98. The molecule has 10 nitrogen and oxygen atoms in total. The molecule has 0 radical (unpaired) electrons. The number of amides is 4. The largest absolute Gasteiger partial charge is 0.344 e. The van der Waals surface area contributed by atoms with Crippen LogP contribution in [0.2, 0.25) is 0 Å². The third kappa shape index (κ3) is 4.62. The topological polar surface area (TPSA) is 129 Å². The summed E-state index contributed by atoms with van der Waals surface area (Å²) < 4.78 is 26.9. The number of thioether (sulfide) groups is 1. The number of carbonyl (C=O) groups excluding carboxylic acids is 3. The van der Waals surface area contributed by atoms with E-state index >= 15 is 0 Å². The number of hydrogen-bond donors (Lipinski definition) is 2. The Morgan fingerprint density at radius 2 is 1.78 bits per heavy atom. The van der Waals surface area contributed by atoms with E-state index in [0.29, 0.717) is 31.0 Å². The van der Waals surface area contributed by atoms with Crippen molar-refractivity contribution in [2.24, 2.45) is 0 Å². The minimum atomic E-state index is -3.56. The Balaban J connectivity index is 1.31. The molecule has 1 aromatic rings. The number of hydrogen-bond acceptors (Lipinski definition) is 7. The number of piperidine rings is 1. The minimum Gasteiger partial charge on any atom is -0.322 e. The molecule has 2 saturated heterocycles. The first kappa shape index (κ1) is 23.0. The second-order valence-electron chi connectivity index (χ2n) is 8.33. The lowest BCUT2D eigenvalue weighted by Crippen LogP contribution is -2.51. The molecule has 0 aromatic carbocycles. The van der Waals surface area contributed by atoms with Crippen LogP contribution in [-0.2, 0) is 19.6 Å². The van der Waals surface area contributed by atoms with E-state index in [1.54, 1.807) is 6.07 Å². The first-order valence-corrected chi connectivity index (χ1v) is 13.3. The van der Waals surface area contributed by atoms with Crippen LogP contribution in [0.4, 0.5) is 4.79 Å². The van der Waals surface area contributed by atoms with Gasteiger partial charge in [-0.25, -0.2) is 18.2 Å². The summed E-state index contributed by atoms with van der Waals surface area (Å²) in [5.74, 6) is -1.00. The third-order valence-corrected chi connectivity index (χ3v) is 8.94. The van der Waals surface area contributed by atoms with Crippen molar-refractivity contribution < 1.29 is 22.8 Å². The van der Waals surface area contributed by atoms with Crippen molar-refractivity contribution in [3.63, 3.8) is 0 Å². The molecule has 1 spiro atoms. The van der Waals surface area contributed by atoms with Gasteiger partial charge in [0.25, 0.3) is 5.91 Å². The molecule has 3 fully saturated rings. The highest BCUT2D eigenvalue weighted by Crippen LogP contribution is 2.33. The fraction of sp³-hybridized carbons (Fsp3) is 0.600. The van der Waals surface area contributed by atoms with Gasteiger partial charge >= 0.3 is 6.03 Å². The maximum atomic E-state index is 12.7. The van der Waals surface area contributed by atoms with Gasteiger partial charge in [0.2, 0.25) is 15.9 Å². The molecule has 1 aromatic heterocycles. The van der Waals surface area contributed by atoms with E-state index in [9.17, 15) is 22.8 Å². The maximum Gasteiger partial charge on any atom is 0.344 e. The monoisotopic (exact) mass is 481 g/mol. The number of rotatable bonds is 6. The molecule has 12 heteroatoms. The lowest BCUT2D eigenvalue weighted by Gasteiger charge is -2.30. The van der Waals surface area contributed by atoms with Crippen LogP contribution < -0.4 is 10.7 Å². The average Bonchev–Trinajstić information content (AvgIpc) is 3.02. The molecule has 1 aliphatic carbocycles. The SMILES string of the molecule is O=C(CSc1ccc(S(=O)(=O)N2CCCCC2)cn1)NN1C(=O)NC2(CCCCC2)C1=O. The zero-order chi connectivity index (χ0) is 22.8. The van der Waals surface area contributed by atoms with Crippen LogP contribution in [0.25, 0.3) is 0 Å². The molecular formula is C20H27N5O5S2. The summed E-state index contributed by atoms with van der Waals surface area (Å²) in [5.41, 5.74) is 1.48. The average molecular weight is 482 g/mol. The van der Waals surface area contributed by atoms with E-state index in [0.717, 1.165) is 55.3 Å². The van der Waals surface area contributed by atoms with Crippen molar-refractivity contribution in [2.75, 3.05) is 18.8 Å². The van der Waals surface area contributed by atoms with E-state index in [2.05, 4.69) is 15.7 Å². The minimum absolute atomic E-state index is 0.0741. The second-order valence-corrected chi connectivity index (χ2v) is 11.3. The van der Waals surface area contributed by atoms with Crippen LogP contribution in [0.15, 0.2) is 28.3 Å². The highest BCUT2D eigenvalue weighted by Gasteiger charge is 2.52. The van der Waals surface area contributed by atoms with Gasteiger partial charge in [-0.15, -0.1) is 0 Å². The summed E-state index contributed by atoms with van der Waals surface area (Å²) in [6, 6.07) is 2.43. The molecule has 0 unspecified atom stereocenters. The van der Waals surface area contributed by atoms with Crippen molar-refractivity contribution in [2.45, 2.75) is 66.8 Å². The van der Waals surface area contributed by atoms with Gasteiger partial charge in [0.1, 0.15) is 10.4 Å². The molecule has 32 heavy (non-hydrogen) atoms. The van der Waals surface area contributed by atoms with Crippen LogP contribution in [-0.4, -0.2) is 64.9 Å². The van der Waals surface area contributed by atoms with E-state index < -0.39 is 33.4 Å². The molecule has 2 N–H and O–H groups in total. The molecular weight excluding hydrogens is 454 g/mol. The van der Waals surface area contributed by atoms with Crippen LogP contribution >= 0.6 is 11.8 Å². The summed E-state index contributed by atoms with van der Waals surface area (Å²) in [6.45, 7) is 1.03. The summed E-state index contributed by atoms with van der Waals surface area (Å²) in [7, 11) is -3.56. The number of aromatic nitrogens is 1. The fourth-order valence-electron chi connectivity index (χ4n) is 4.37. The van der Waals surface area contributed by atoms with Gasteiger partial charge < -0.3 is 5.32 Å². The molecule has 0 bridgehead atoms. The van der Waals surface area contributed by atoms with Gasteiger partial charge in [-0.2, -0.15) is 9.31 Å². The number of carbonyl (C=O) groups is 3. The molecule has 0 atom stereocenters. The lowest BCUT2D eigenvalue weighted by atomic mass is 9.82. The highest BCUT2D eigenvalue weighted by molar-refractivity contribution is 7.99. The van der Waals surface area contributed by atoms with Gasteiger partial charge in [-0.05, 0) is 37.8 Å². The Bertz CT molecular complexity index is 986. The van der Waals surface area contributed by atoms with Crippen molar-refractivity contribution in [3.05, 3.63) is 18.3 Å². The molecule has 3 aliphatic rings. The summed E-state index contributed by atoms with van der Waals surface area (Å²) >= 11 is 1.10. The predicted octanol–water partition coefficient (Wildman–Crippen LogP) is 1.63. The Morgan fingerprint density at radius 1 is 1.09 bits per heavy atom. The molecule has 174 valence electrons. The predicted molar refractivity (Wildman–Crippen MR) is 117 cm³/mol. The Labute approximate surface area is 191 Å². The van der Waals surface area contributed by atoms with E-state index in [1.165, 1.54) is 16.6 Å². The number of imide groups is 1. The fourth-order valence-corrected chi connectivity index (χ4v) is 6.47. The molecule has 2 aliphatic heterocycles. The number of pyridine rings is 1. The smallest absolute Gasteiger partial charge is 0.322 e. The van der Waals surface area contributed by atoms with Crippen LogP contribution in [0, 0.1) is 0 Å². The maximum absolute atomic E-state index is 12.7. The van der Waals surface area contributed by atoms with Crippen molar-refractivity contribution in [1.82, 2.24) is 25.0 Å². The van der Waals surface area contributed by atoms with Crippen LogP contribution in [0.5, 0.6) is 0 Å². The quantitative estimate of drug-likeness (QED) is 0.467. The highest BCUT2D eigenvalue weighted by atomic mass is 32.2. The Morgan fingerprint density at radius 3 is 2.44 bits per heavy atom. The Hall–Kier alpha value is -2.18. The Kier molecular flexibility index (Phi) is 6.72.